The summed E-state index contributed by atoms with van der Waals surface area (Å²) in [5, 5.41) is 30.2. The number of aromatic carboxylic acids is 1. The molecule has 1 amide bonds. The van der Waals surface area contributed by atoms with Crippen molar-refractivity contribution >= 4 is 46.5 Å². The smallest absolute Gasteiger partial charge is 0.339 e. The Bertz CT molecular complexity index is 1080. The van der Waals surface area contributed by atoms with Gasteiger partial charge in [0.2, 0.25) is 0 Å². The van der Waals surface area contributed by atoms with Gasteiger partial charge in [-0.15, -0.1) is 0 Å². The molecule has 0 aromatic heterocycles. The number of thioether (sulfide) groups is 1. The number of carbonyl (C=O) groups excluding carboxylic acids is 1. The molecule has 0 spiro atoms. The molecule has 4 N–H and O–H groups in total. The topological polar surface area (TPSA) is 146 Å². The highest BCUT2D eigenvalue weighted by Crippen LogP contribution is 2.30. The fraction of sp³-hybridized carbons (Fsp3) is 0.100. The molecule has 154 valence electrons. The minimum absolute atomic E-state index is 0.0341. The van der Waals surface area contributed by atoms with E-state index in [4.69, 9.17) is 14.9 Å². The zero-order valence-corrected chi connectivity index (χ0v) is 16.2. The molecule has 0 atom stereocenters. The molecule has 1 saturated heterocycles. The van der Waals surface area contributed by atoms with E-state index in [1.807, 2.05) is 0 Å². The van der Waals surface area contributed by atoms with Gasteiger partial charge < -0.3 is 25.4 Å². The van der Waals surface area contributed by atoms with Crippen molar-refractivity contribution < 1.29 is 34.4 Å². The third-order valence-electron chi connectivity index (χ3n) is 3.83. The van der Waals surface area contributed by atoms with E-state index in [2.05, 4.69) is 10.3 Å². The lowest BCUT2D eigenvalue weighted by Crippen LogP contribution is -2.19. The maximum absolute atomic E-state index is 12.2. The fourth-order valence-corrected chi connectivity index (χ4v) is 3.31. The molecule has 0 aliphatic carbocycles. The first kappa shape index (κ1) is 20.9. The molecule has 2 aromatic rings. The maximum Gasteiger partial charge on any atom is 0.339 e. The highest BCUT2D eigenvalue weighted by molar-refractivity contribution is 8.18. The van der Waals surface area contributed by atoms with E-state index in [-0.39, 0.29) is 41.1 Å². The number of carboxylic acid groups (broad SMARTS) is 2. The van der Waals surface area contributed by atoms with Crippen molar-refractivity contribution in [2.45, 2.75) is 6.42 Å². The molecule has 9 nitrogen and oxygen atoms in total. The second kappa shape index (κ2) is 9.14. The summed E-state index contributed by atoms with van der Waals surface area (Å²) in [7, 11) is 0. The summed E-state index contributed by atoms with van der Waals surface area (Å²) in [4.78, 5) is 38.5. The van der Waals surface area contributed by atoms with Gasteiger partial charge in [-0.2, -0.15) is 0 Å². The Morgan fingerprint density at radius 2 is 1.97 bits per heavy atom. The SMILES string of the molecule is O=C(O)CCOc1cccc(/C=C2\SC(=Nc3ccc(O)c(C(=O)O)c3)NC2=O)c1. The van der Waals surface area contributed by atoms with Crippen molar-refractivity contribution in [1.29, 1.82) is 0 Å². The Kier molecular flexibility index (Phi) is 6.38. The normalized spacial score (nSPS) is 15.9. The summed E-state index contributed by atoms with van der Waals surface area (Å²) in [6, 6.07) is 10.7. The van der Waals surface area contributed by atoms with Crippen molar-refractivity contribution in [1.82, 2.24) is 5.32 Å². The molecular formula is C20H16N2O7S. The Morgan fingerprint density at radius 3 is 2.70 bits per heavy atom. The number of phenols is 1. The standard InChI is InChI=1S/C20H16N2O7S/c23-15-5-4-12(10-14(15)19(27)28)21-20-22-18(26)16(30-20)9-11-2-1-3-13(8-11)29-7-6-17(24)25/h1-5,8-10,23H,6-7H2,(H,24,25)(H,27,28)(H,21,22,26)/b16-9-. The number of benzene rings is 2. The quantitative estimate of drug-likeness (QED) is 0.493. The predicted molar refractivity (Wildman–Crippen MR) is 110 cm³/mol. The summed E-state index contributed by atoms with van der Waals surface area (Å²) in [5.74, 6) is -2.51. The fourth-order valence-electron chi connectivity index (χ4n) is 2.46. The molecule has 1 aliphatic heterocycles. The molecule has 3 rings (SSSR count). The molecule has 0 bridgehead atoms. The molecular weight excluding hydrogens is 412 g/mol. The van der Waals surface area contributed by atoms with Crippen LogP contribution in [0.1, 0.15) is 22.3 Å². The van der Waals surface area contributed by atoms with Crippen molar-refractivity contribution in [2.24, 2.45) is 4.99 Å². The van der Waals surface area contributed by atoms with Crippen LogP contribution in [0, 0.1) is 0 Å². The summed E-state index contributed by atoms with van der Waals surface area (Å²) in [5.41, 5.74) is 0.657. The number of nitrogens with zero attached hydrogens (tertiary/aromatic N) is 1. The van der Waals surface area contributed by atoms with Gasteiger partial charge in [0, 0.05) is 0 Å². The van der Waals surface area contributed by atoms with Crippen molar-refractivity contribution in [3.8, 4) is 11.5 Å². The Morgan fingerprint density at radius 1 is 1.17 bits per heavy atom. The lowest BCUT2D eigenvalue weighted by Gasteiger charge is -2.05. The van der Waals surface area contributed by atoms with Gasteiger partial charge in [-0.05, 0) is 53.7 Å². The van der Waals surface area contributed by atoms with Crippen molar-refractivity contribution in [2.75, 3.05) is 6.61 Å². The van der Waals surface area contributed by atoms with Crippen LogP contribution >= 0.6 is 11.8 Å². The van der Waals surface area contributed by atoms with E-state index in [0.717, 1.165) is 11.8 Å². The average molecular weight is 428 g/mol. The third kappa shape index (κ3) is 5.39. The van der Waals surface area contributed by atoms with E-state index < -0.39 is 11.9 Å². The molecule has 30 heavy (non-hydrogen) atoms. The number of hydrogen-bond acceptors (Lipinski definition) is 7. The molecule has 0 radical (unpaired) electrons. The Labute approximate surface area is 174 Å². The van der Waals surface area contributed by atoms with E-state index in [9.17, 15) is 19.5 Å². The number of ether oxygens (including phenoxy) is 1. The largest absolute Gasteiger partial charge is 0.507 e. The maximum atomic E-state index is 12.2. The number of nitrogens with one attached hydrogen (secondary N) is 1. The van der Waals surface area contributed by atoms with Gasteiger partial charge in [0.25, 0.3) is 5.91 Å². The van der Waals surface area contributed by atoms with E-state index >= 15 is 0 Å². The van der Waals surface area contributed by atoms with Gasteiger partial charge in [-0.25, -0.2) is 9.79 Å². The van der Waals surface area contributed by atoms with Crippen LogP contribution < -0.4 is 10.1 Å². The first-order chi connectivity index (χ1) is 14.3. The number of aromatic hydroxyl groups is 1. The molecule has 1 fully saturated rings. The molecule has 0 unspecified atom stereocenters. The minimum atomic E-state index is -1.29. The van der Waals surface area contributed by atoms with E-state index in [1.165, 1.54) is 18.2 Å². The Balaban J connectivity index is 1.75. The molecule has 1 aliphatic rings. The summed E-state index contributed by atoms with van der Waals surface area (Å²) < 4.78 is 5.38. The van der Waals surface area contributed by atoms with Crippen LogP contribution in [0.15, 0.2) is 52.4 Å². The average Bonchev–Trinajstić information content (AvgIpc) is 3.02. The van der Waals surface area contributed by atoms with Crippen LogP contribution in [-0.2, 0) is 9.59 Å². The number of rotatable bonds is 7. The van der Waals surface area contributed by atoms with Gasteiger partial charge in [0.05, 0.1) is 23.6 Å². The zero-order chi connectivity index (χ0) is 21.7. The number of aliphatic imine (C=N–C) groups is 1. The predicted octanol–water partition coefficient (Wildman–Crippen LogP) is 2.84. The molecule has 1 heterocycles. The number of carbonyl (C=O) groups is 3. The van der Waals surface area contributed by atoms with Gasteiger partial charge in [0.1, 0.15) is 17.1 Å². The van der Waals surface area contributed by atoms with Gasteiger partial charge in [-0.3, -0.25) is 9.59 Å². The molecule has 2 aromatic carbocycles. The molecule has 10 heteroatoms. The van der Waals surface area contributed by atoms with E-state index in [0.29, 0.717) is 16.2 Å². The second-order valence-electron chi connectivity index (χ2n) is 6.05. The summed E-state index contributed by atoms with van der Waals surface area (Å²) in [6.45, 7) is 0.0341. The van der Waals surface area contributed by atoms with Crippen LogP contribution in [0.4, 0.5) is 5.69 Å². The number of aliphatic carboxylic acids is 1. The second-order valence-corrected chi connectivity index (χ2v) is 7.08. The lowest BCUT2D eigenvalue weighted by molar-refractivity contribution is -0.137. The van der Waals surface area contributed by atoms with Gasteiger partial charge in [0.15, 0.2) is 5.17 Å². The van der Waals surface area contributed by atoms with Crippen LogP contribution in [0.25, 0.3) is 6.08 Å². The van der Waals surface area contributed by atoms with Crippen LogP contribution in [-0.4, -0.2) is 44.9 Å². The first-order valence-electron chi connectivity index (χ1n) is 8.62. The molecule has 0 saturated carbocycles. The number of carboxylic acids is 2. The van der Waals surface area contributed by atoms with Crippen molar-refractivity contribution in [3.63, 3.8) is 0 Å². The first-order valence-corrected chi connectivity index (χ1v) is 9.44. The van der Waals surface area contributed by atoms with E-state index in [1.54, 1.807) is 30.3 Å². The minimum Gasteiger partial charge on any atom is -0.507 e. The van der Waals surface area contributed by atoms with Crippen LogP contribution in [0.5, 0.6) is 11.5 Å². The highest BCUT2D eigenvalue weighted by Gasteiger charge is 2.24. The number of hydrogen-bond donors (Lipinski definition) is 4. The highest BCUT2D eigenvalue weighted by atomic mass is 32.2. The third-order valence-corrected chi connectivity index (χ3v) is 4.74. The van der Waals surface area contributed by atoms with Gasteiger partial charge >= 0.3 is 11.9 Å². The number of amides is 1. The van der Waals surface area contributed by atoms with Gasteiger partial charge in [-0.1, -0.05) is 12.1 Å². The lowest BCUT2D eigenvalue weighted by atomic mass is 10.2. The number of amidine groups is 1. The Hall–Kier alpha value is -3.79. The van der Waals surface area contributed by atoms with Crippen LogP contribution in [0.3, 0.4) is 0 Å². The summed E-state index contributed by atoms with van der Waals surface area (Å²) in [6.07, 6.45) is 1.51. The monoisotopic (exact) mass is 428 g/mol. The zero-order valence-electron chi connectivity index (χ0n) is 15.4. The van der Waals surface area contributed by atoms with Crippen molar-refractivity contribution in [3.05, 3.63) is 58.5 Å². The summed E-state index contributed by atoms with van der Waals surface area (Å²) >= 11 is 1.08. The van der Waals surface area contributed by atoms with Crippen LogP contribution in [0.2, 0.25) is 0 Å².